The summed E-state index contributed by atoms with van der Waals surface area (Å²) in [5, 5.41) is 3.47. The van der Waals surface area contributed by atoms with Crippen LogP contribution < -0.4 is 5.32 Å². The highest BCUT2D eigenvalue weighted by Crippen LogP contribution is 2.25. The molecule has 2 rings (SSSR count). The number of unbranched alkanes of at least 4 members (excludes halogenated alkanes) is 2. The Labute approximate surface area is 157 Å². The average Bonchev–Trinajstić information content (AvgIpc) is 3.12. The van der Waals surface area contributed by atoms with Gasteiger partial charge in [-0.3, -0.25) is 4.99 Å². The third kappa shape index (κ3) is 7.70. The number of likely N-dealkylation sites (tertiary alicyclic amines) is 1. The third-order valence-corrected chi connectivity index (χ3v) is 5.66. The Morgan fingerprint density at radius 1 is 1.28 bits per heavy atom. The molecule has 1 aliphatic heterocycles. The van der Waals surface area contributed by atoms with Crippen molar-refractivity contribution < 1.29 is 4.74 Å². The minimum absolute atomic E-state index is 0.746. The van der Waals surface area contributed by atoms with Gasteiger partial charge in [0.1, 0.15) is 0 Å². The van der Waals surface area contributed by atoms with E-state index >= 15 is 0 Å². The van der Waals surface area contributed by atoms with E-state index in [9.17, 15) is 0 Å². The lowest BCUT2D eigenvalue weighted by atomic mass is 10.2. The van der Waals surface area contributed by atoms with Crippen molar-refractivity contribution in [1.82, 2.24) is 10.2 Å². The van der Waals surface area contributed by atoms with Gasteiger partial charge in [0.25, 0.3) is 0 Å². The van der Waals surface area contributed by atoms with E-state index in [0.717, 1.165) is 57.5 Å². The Hall–Kier alpha value is -1.20. The Morgan fingerprint density at radius 2 is 2.12 bits per heavy atom. The number of benzene rings is 1. The molecule has 5 heteroatoms. The lowest BCUT2D eigenvalue weighted by molar-refractivity contribution is 0.192. The number of aliphatic imine (C=N–C) groups is 1. The van der Waals surface area contributed by atoms with E-state index in [-0.39, 0.29) is 0 Å². The first-order valence-corrected chi connectivity index (χ1v) is 10.5. The minimum Gasteiger partial charge on any atom is -0.385 e. The molecule has 4 nitrogen and oxygen atoms in total. The summed E-state index contributed by atoms with van der Waals surface area (Å²) in [4.78, 5) is 8.64. The standard InChI is InChI=1S/C20H33N3OS/c1-3-21-20(22-13-8-5-9-15-24-2)23-14-12-18(16-23)17-25-19-10-6-4-7-11-19/h4,6-7,10-11,18H,3,5,8-9,12-17H2,1-2H3,(H,21,22). The monoisotopic (exact) mass is 363 g/mol. The van der Waals surface area contributed by atoms with Crippen molar-refractivity contribution in [3.05, 3.63) is 30.3 Å². The van der Waals surface area contributed by atoms with Gasteiger partial charge in [0, 0.05) is 50.5 Å². The van der Waals surface area contributed by atoms with E-state index in [1.54, 1.807) is 7.11 Å². The maximum Gasteiger partial charge on any atom is 0.193 e. The number of hydrogen-bond acceptors (Lipinski definition) is 3. The van der Waals surface area contributed by atoms with Gasteiger partial charge in [-0.05, 0) is 50.7 Å². The van der Waals surface area contributed by atoms with E-state index in [4.69, 9.17) is 9.73 Å². The highest BCUT2D eigenvalue weighted by atomic mass is 32.2. The molecule has 25 heavy (non-hydrogen) atoms. The van der Waals surface area contributed by atoms with Crippen molar-refractivity contribution in [2.24, 2.45) is 10.9 Å². The number of rotatable bonds is 10. The largest absolute Gasteiger partial charge is 0.385 e. The van der Waals surface area contributed by atoms with Gasteiger partial charge in [-0.15, -0.1) is 11.8 Å². The molecule has 0 aliphatic carbocycles. The molecule has 0 spiro atoms. The van der Waals surface area contributed by atoms with Gasteiger partial charge < -0.3 is 15.0 Å². The zero-order valence-corrected chi connectivity index (χ0v) is 16.6. The summed E-state index contributed by atoms with van der Waals surface area (Å²) in [5.41, 5.74) is 0. The Balaban J connectivity index is 1.73. The van der Waals surface area contributed by atoms with E-state index < -0.39 is 0 Å². The van der Waals surface area contributed by atoms with Crippen LogP contribution in [0.5, 0.6) is 0 Å². The Bertz CT molecular complexity index is 495. The smallest absolute Gasteiger partial charge is 0.193 e. The van der Waals surface area contributed by atoms with Crippen LogP contribution in [0, 0.1) is 5.92 Å². The molecule has 1 aromatic carbocycles. The number of guanidine groups is 1. The van der Waals surface area contributed by atoms with Gasteiger partial charge in [-0.25, -0.2) is 0 Å². The number of thioether (sulfide) groups is 1. The minimum atomic E-state index is 0.746. The van der Waals surface area contributed by atoms with Crippen molar-refractivity contribution in [3.8, 4) is 0 Å². The first-order valence-electron chi connectivity index (χ1n) is 9.53. The molecule has 0 saturated carbocycles. The third-order valence-electron chi connectivity index (χ3n) is 4.42. The highest BCUT2D eigenvalue weighted by Gasteiger charge is 2.24. The molecular formula is C20H33N3OS. The fraction of sp³-hybridized carbons (Fsp3) is 0.650. The molecule has 1 saturated heterocycles. The van der Waals surface area contributed by atoms with E-state index in [1.807, 2.05) is 11.8 Å². The molecule has 1 unspecified atom stereocenters. The van der Waals surface area contributed by atoms with E-state index in [0.29, 0.717) is 0 Å². The van der Waals surface area contributed by atoms with Crippen molar-refractivity contribution in [3.63, 3.8) is 0 Å². The fourth-order valence-electron chi connectivity index (χ4n) is 3.04. The van der Waals surface area contributed by atoms with Gasteiger partial charge in [-0.2, -0.15) is 0 Å². The topological polar surface area (TPSA) is 36.9 Å². The lowest BCUT2D eigenvalue weighted by Gasteiger charge is -2.21. The highest BCUT2D eigenvalue weighted by molar-refractivity contribution is 7.99. The number of nitrogens with zero attached hydrogens (tertiary/aromatic N) is 2. The van der Waals surface area contributed by atoms with Gasteiger partial charge in [0.2, 0.25) is 0 Å². The summed E-state index contributed by atoms with van der Waals surface area (Å²) in [6.45, 7) is 7.09. The molecule has 0 bridgehead atoms. The molecule has 1 aromatic rings. The van der Waals surface area contributed by atoms with Gasteiger partial charge in [-0.1, -0.05) is 18.2 Å². The van der Waals surface area contributed by atoms with Crippen LogP contribution in [0.25, 0.3) is 0 Å². The van der Waals surface area contributed by atoms with Crippen molar-refractivity contribution >= 4 is 17.7 Å². The molecule has 0 amide bonds. The number of methoxy groups -OCH3 is 1. The fourth-order valence-corrected chi connectivity index (χ4v) is 4.09. The van der Waals surface area contributed by atoms with Crippen LogP contribution in [0.3, 0.4) is 0 Å². The second-order valence-electron chi connectivity index (χ2n) is 6.51. The SMILES string of the molecule is CCNC(=NCCCCCOC)N1CCC(CSc2ccccc2)C1. The van der Waals surface area contributed by atoms with Crippen molar-refractivity contribution in [1.29, 1.82) is 0 Å². The molecule has 1 atom stereocenters. The average molecular weight is 364 g/mol. The van der Waals surface area contributed by atoms with Gasteiger partial charge in [0.15, 0.2) is 5.96 Å². The maximum absolute atomic E-state index is 5.10. The second-order valence-corrected chi connectivity index (χ2v) is 7.61. The van der Waals surface area contributed by atoms with Crippen molar-refractivity contribution in [2.45, 2.75) is 37.5 Å². The molecule has 1 aliphatic rings. The maximum atomic E-state index is 5.10. The predicted octanol–water partition coefficient (Wildman–Crippen LogP) is 3.88. The zero-order chi connectivity index (χ0) is 17.7. The summed E-state index contributed by atoms with van der Waals surface area (Å²) < 4.78 is 5.10. The summed E-state index contributed by atoms with van der Waals surface area (Å²) in [5.74, 6) is 3.04. The summed E-state index contributed by atoms with van der Waals surface area (Å²) in [6, 6.07) is 10.7. The molecule has 1 N–H and O–H groups in total. The van der Waals surface area contributed by atoms with Crippen LogP contribution in [0.4, 0.5) is 0 Å². The van der Waals surface area contributed by atoms with Gasteiger partial charge in [0.05, 0.1) is 0 Å². The summed E-state index contributed by atoms with van der Waals surface area (Å²) in [6.07, 6.45) is 4.72. The van der Waals surface area contributed by atoms with Crippen LogP contribution in [0.2, 0.25) is 0 Å². The number of ether oxygens (including phenoxy) is 1. The van der Waals surface area contributed by atoms with Gasteiger partial charge >= 0.3 is 0 Å². The van der Waals surface area contributed by atoms with E-state index in [1.165, 1.54) is 23.5 Å². The second kappa shape index (κ2) is 12.2. The molecule has 0 radical (unpaired) electrons. The van der Waals surface area contributed by atoms with Crippen molar-refractivity contribution in [2.75, 3.05) is 45.6 Å². The van der Waals surface area contributed by atoms with Crippen LogP contribution >= 0.6 is 11.8 Å². The quantitative estimate of drug-likeness (QED) is 0.296. The number of nitrogens with one attached hydrogen (secondary N) is 1. The molecule has 1 fully saturated rings. The number of hydrogen-bond donors (Lipinski definition) is 1. The van der Waals surface area contributed by atoms with Crippen LogP contribution in [-0.2, 0) is 4.74 Å². The zero-order valence-electron chi connectivity index (χ0n) is 15.7. The molecular weight excluding hydrogens is 330 g/mol. The molecule has 140 valence electrons. The summed E-state index contributed by atoms with van der Waals surface area (Å²) in [7, 11) is 1.77. The molecule has 1 heterocycles. The first kappa shape index (κ1) is 20.1. The summed E-state index contributed by atoms with van der Waals surface area (Å²) >= 11 is 1.98. The Kier molecular flexibility index (Phi) is 9.82. The predicted molar refractivity (Wildman–Crippen MR) is 109 cm³/mol. The van der Waals surface area contributed by atoms with Crippen LogP contribution in [0.15, 0.2) is 40.2 Å². The Morgan fingerprint density at radius 3 is 2.88 bits per heavy atom. The van der Waals surface area contributed by atoms with E-state index in [2.05, 4.69) is 47.5 Å². The van der Waals surface area contributed by atoms with Crippen LogP contribution in [0.1, 0.15) is 32.6 Å². The first-order chi connectivity index (χ1) is 12.3. The molecule has 0 aromatic heterocycles. The van der Waals surface area contributed by atoms with Crippen LogP contribution in [-0.4, -0.2) is 56.5 Å². The normalized spacial score (nSPS) is 17.9. The lowest BCUT2D eigenvalue weighted by Crippen LogP contribution is -2.40.